The van der Waals surface area contributed by atoms with Crippen LogP contribution in [0.5, 0.6) is 0 Å². The molecule has 15 nitrogen and oxygen atoms in total. The van der Waals surface area contributed by atoms with Crippen molar-refractivity contribution in [1.82, 2.24) is 20.2 Å². The van der Waals surface area contributed by atoms with E-state index in [1.54, 1.807) is 44.4 Å². The van der Waals surface area contributed by atoms with Gasteiger partial charge in [0, 0.05) is 35.0 Å². The number of rotatable bonds is 15. The molecule has 0 unspecified atom stereocenters. The van der Waals surface area contributed by atoms with Crippen LogP contribution in [0.1, 0.15) is 94.0 Å². The Morgan fingerprint density at radius 1 is 1.04 bits per heavy atom. The summed E-state index contributed by atoms with van der Waals surface area (Å²) in [4.78, 5) is 93.3. The molecule has 6 rings (SSSR count). The number of aliphatic hydroxyl groups is 1. The molecular formula is C42H49N6O9+. The summed E-state index contributed by atoms with van der Waals surface area (Å²) in [5.41, 5.74) is 3.56. The molecule has 2 aliphatic heterocycles. The van der Waals surface area contributed by atoms with Crippen LogP contribution in [-0.2, 0) is 65.1 Å². The first kappa shape index (κ1) is 40.8. The third-order valence-corrected chi connectivity index (χ3v) is 11.2. The number of amides is 4. The van der Waals surface area contributed by atoms with E-state index in [2.05, 4.69) is 22.7 Å². The zero-order valence-corrected chi connectivity index (χ0v) is 32.7. The molecule has 4 N–H and O–H groups in total. The fourth-order valence-electron chi connectivity index (χ4n) is 7.93. The van der Waals surface area contributed by atoms with Crippen LogP contribution in [0.15, 0.2) is 35.1 Å². The zero-order chi connectivity index (χ0) is 41.2. The number of pyridine rings is 2. The number of nitrogens with zero attached hydrogens (tertiary/aromatic N) is 3. The number of ether oxygens (including phenoxy) is 1. The van der Waals surface area contributed by atoms with Gasteiger partial charge in [-0.05, 0) is 86.8 Å². The Kier molecular flexibility index (Phi) is 12.0. The number of aryl methyl sites for hydroxylation is 2. The number of anilines is 1. The average molecular weight is 782 g/mol. The molecule has 3 aromatic rings. The minimum atomic E-state index is -1.92. The van der Waals surface area contributed by atoms with Crippen LogP contribution in [0.3, 0.4) is 0 Å². The van der Waals surface area contributed by atoms with Gasteiger partial charge in [0.1, 0.15) is 31.7 Å². The minimum Gasteiger partial charge on any atom is -0.458 e. The summed E-state index contributed by atoms with van der Waals surface area (Å²) in [5, 5.41) is 20.7. The van der Waals surface area contributed by atoms with Gasteiger partial charge in [-0.3, -0.25) is 24.0 Å². The van der Waals surface area contributed by atoms with Crippen molar-refractivity contribution in [3.8, 4) is 11.4 Å². The van der Waals surface area contributed by atoms with Crippen LogP contribution in [0, 0.1) is 5.92 Å². The number of allylic oxidation sites excluding steroid dienone is 1. The number of cyclic esters (lactones) is 1. The number of carbonyl (C=O) groups excluding carboxylic acids is 6. The fraction of sp³-hybridized carbons (Fsp3) is 0.452. The Balaban J connectivity index is 1.12. The second kappa shape index (κ2) is 16.7. The SMILES string of the molecule is C=[N+](CCCCCC(=O)N[C@H](C(=O)N[C@@H](C)C(=O)Nc1ccc2nc3c(c4c2c1CCC4)Cn1c-3cc2c(c1=O)COC(=O)[C@]2(O)CC)C(C)C)C(=O)/C=C\C=O. The van der Waals surface area contributed by atoms with Crippen molar-refractivity contribution in [3.63, 3.8) is 0 Å². The summed E-state index contributed by atoms with van der Waals surface area (Å²) >= 11 is 0. The van der Waals surface area contributed by atoms with Crippen LogP contribution in [0.25, 0.3) is 22.3 Å². The molecule has 0 bridgehead atoms. The third-order valence-electron chi connectivity index (χ3n) is 11.2. The summed E-state index contributed by atoms with van der Waals surface area (Å²) in [5.74, 6) is -2.64. The van der Waals surface area contributed by atoms with Gasteiger partial charge in [-0.15, -0.1) is 0 Å². The predicted octanol–water partition coefficient (Wildman–Crippen LogP) is 2.71. The Morgan fingerprint density at radius 3 is 2.51 bits per heavy atom. The first-order chi connectivity index (χ1) is 27.2. The fourth-order valence-corrected chi connectivity index (χ4v) is 7.93. The van der Waals surface area contributed by atoms with Gasteiger partial charge >= 0.3 is 11.9 Å². The van der Waals surface area contributed by atoms with Crippen molar-refractivity contribution in [2.24, 2.45) is 5.92 Å². The van der Waals surface area contributed by atoms with Gasteiger partial charge < -0.3 is 30.4 Å². The van der Waals surface area contributed by atoms with Crippen LogP contribution >= 0.6 is 0 Å². The molecule has 4 amide bonds. The Labute approximate surface area is 329 Å². The van der Waals surface area contributed by atoms with Crippen molar-refractivity contribution >= 4 is 59.2 Å². The topological polar surface area (TPSA) is 206 Å². The Bertz CT molecular complexity index is 2290. The number of nitrogens with one attached hydrogen (secondary N) is 3. The quantitative estimate of drug-likeness (QED) is 0.0347. The van der Waals surface area contributed by atoms with E-state index in [4.69, 9.17) is 9.72 Å². The molecule has 4 heterocycles. The number of carbonyl (C=O) groups is 6. The number of unbranched alkanes of at least 4 members (excludes halogenated alkanes) is 2. The molecule has 3 aliphatic rings. The summed E-state index contributed by atoms with van der Waals surface area (Å²) in [7, 11) is 0. The molecule has 1 aromatic carbocycles. The lowest BCUT2D eigenvalue weighted by Crippen LogP contribution is -2.53. The number of benzene rings is 1. The highest BCUT2D eigenvalue weighted by Gasteiger charge is 2.45. The molecule has 3 atom stereocenters. The second-order valence-electron chi connectivity index (χ2n) is 15.3. The number of aromatic nitrogens is 2. The van der Waals surface area contributed by atoms with Crippen molar-refractivity contribution in [3.05, 3.63) is 68.5 Å². The standard InChI is InChI=1S/C42H48N6O9/c1-6-42(56)29-20-32-37-27(21-48(32)40(54)28(29)22-57-41(42)55)25-12-10-13-26-30(16-17-31(44-37)35(25)26)45-38(52)24(4)43-39(53)36(23(2)3)46-33(50)14-8-7-9-18-47(5)34(51)15-11-19-49/h11,15-17,19-20,23-24,36,56H,5-10,12-14,18,21-22H2,1-4H3,(H2-,43,45,46,50,52,53,54)/p+1/b15-11-/t24-,36-,42-/m0/s1. The maximum Gasteiger partial charge on any atom is 0.411 e. The first-order valence-electron chi connectivity index (χ1n) is 19.5. The molecule has 0 saturated heterocycles. The van der Waals surface area contributed by atoms with Crippen LogP contribution in [0.4, 0.5) is 5.69 Å². The second-order valence-corrected chi connectivity index (χ2v) is 15.3. The molecule has 1 aliphatic carbocycles. The van der Waals surface area contributed by atoms with Gasteiger partial charge in [0.2, 0.25) is 17.7 Å². The number of hydrogen-bond donors (Lipinski definition) is 4. The molecular weight excluding hydrogens is 732 g/mol. The van der Waals surface area contributed by atoms with Crippen molar-refractivity contribution in [1.29, 1.82) is 0 Å². The van der Waals surface area contributed by atoms with E-state index >= 15 is 0 Å². The first-order valence-corrected chi connectivity index (χ1v) is 19.5. The molecule has 0 fully saturated rings. The lowest BCUT2D eigenvalue weighted by molar-refractivity contribution is -0.436. The molecule has 300 valence electrons. The van der Waals surface area contributed by atoms with E-state index < -0.39 is 35.5 Å². The van der Waals surface area contributed by atoms with E-state index in [0.717, 1.165) is 47.1 Å². The van der Waals surface area contributed by atoms with Crippen LogP contribution in [0.2, 0.25) is 0 Å². The zero-order valence-electron chi connectivity index (χ0n) is 32.7. The van der Waals surface area contributed by atoms with Gasteiger partial charge in [0.25, 0.3) is 5.56 Å². The molecule has 57 heavy (non-hydrogen) atoms. The van der Waals surface area contributed by atoms with Crippen molar-refractivity contribution < 1.29 is 43.2 Å². The monoisotopic (exact) mass is 781 g/mol. The molecule has 0 spiro atoms. The highest BCUT2D eigenvalue weighted by Crippen LogP contribution is 2.43. The molecule has 15 heteroatoms. The predicted molar refractivity (Wildman–Crippen MR) is 210 cm³/mol. The van der Waals surface area contributed by atoms with E-state index in [9.17, 15) is 38.7 Å². The Hall–Kier alpha value is -5.83. The summed E-state index contributed by atoms with van der Waals surface area (Å²) in [6.45, 7) is 11.0. The van der Waals surface area contributed by atoms with Crippen molar-refractivity contribution in [2.45, 2.75) is 110 Å². The normalized spacial score (nSPS) is 17.6. The van der Waals surface area contributed by atoms with Gasteiger partial charge in [-0.2, -0.15) is 4.58 Å². The summed E-state index contributed by atoms with van der Waals surface area (Å²) in [6.07, 6.45) is 6.99. The van der Waals surface area contributed by atoms with E-state index in [-0.39, 0.29) is 60.4 Å². The van der Waals surface area contributed by atoms with Gasteiger partial charge in [0.05, 0.1) is 35.1 Å². The summed E-state index contributed by atoms with van der Waals surface area (Å²) in [6, 6.07) is 3.51. The average Bonchev–Trinajstić information content (AvgIpc) is 3.57. The van der Waals surface area contributed by atoms with Crippen molar-refractivity contribution in [2.75, 3.05) is 11.9 Å². The number of fused-ring (bicyclic) bond motifs is 5. The van der Waals surface area contributed by atoms with Crippen LogP contribution in [-0.4, -0.2) is 80.5 Å². The third kappa shape index (κ3) is 7.93. The van der Waals surface area contributed by atoms with Crippen LogP contribution < -0.4 is 21.5 Å². The largest absolute Gasteiger partial charge is 0.458 e. The Morgan fingerprint density at radius 2 is 1.79 bits per heavy atom. The number of aldehydes is 1. The molecule has 0 radical (unpaired) electrons. The van der Waals surface area contributed by atoms with E-state index in [1.165, 1.54) is 4.58 Å². The number of hydrogen-bond acceptors (Lipinski definition) is 10. The summed E-state index contributed by atoms with van der Waals surface area (Å²) < 4.78 is 8.08. The van der Waals surface area contributed by atoms with Gasteiger partial charge in [-0.1, -0.05) is 20.8 Å². The number of esters is 1. The molecule has 2 aromatic heterocycles. The van der Waals surface area contributed by atoms with E-state index in [0.29, 0.717) is 61.1 Å². The highest BCUT2D eigenvalue weighted by atomic mass is 16.6. The van der Waals surface area contributed by atoms with Gasteiger partial charge in [0.15, 0.2) is 12.1 Å². The lowest BCUT2D eigenvalue weighted by Gasteiger charge is -2.31. The molecule has 0 saturated carbocycles. The highest BCUT2D eigenvalue weighted by molar-refractivity contribution is 6.02. The van der Waals surface area contributed by atoms with E-state index in [1.807, 2.05) is 6.07 Å². The lowest BCUT2D eigenvalue weighted by atomic mass is 9.85. The van der Waals surface area contributed by atoms with Gasteiger partial charge in [-0.25, -0.2) is 14.6 Å². The smallest absolute Gasteiger partial charge is 0.411 e. The maximum atomic E-state index is 13.7. The maximum absolute atomic E-state index is 13.7. The minimum absolute atomic E-state index is 0.0506.